The van der Waals surface area contributed by atoms with Crippen LogP contribution in [-0.4, -0.2) is 31.1 Å². The Morgan fingerprint density at radius 1 is 1.30 bits per heavy atom. The van der Waals surface area contributed by atoms with Gasteiger partial charge in [-0.15, -0.1) is 0 Å². The molecule has 20 heavy (non-hydrogen) atoms. The van der Waals surface area contributed by atoms with Crippen LogP contribution in [0.4, 0.5) is 4.79 Å². The molecule has 6 heteroatoms. The van der Waals surface area contributed by atoms with Crippen molar-refractivity contribution in [1.29, 1.82) is 0 Å². The molecule has 0 fully saturated rings. The molecular formula is C14H21N3O3. The van der Waals surface area contributed by atoms with E-state index in [-0.39, 0.29) is 6.61 Å². The normalized spacial score (nSPS) is 11.7. The summed E-state index contributed by atoms with van der Waals surface area (Å²) in [5, 5.41) is 5.27. The van der Waals surface area contributed by atoms with Gasteiger partial charge in [0.1, 0.15) is 5.75 Å². The van der Waals surface area contributed by atoms with E-state index in [1.165, 1.54) is 5.56 Å². The first-order valence-electron chi connectivity index (χ1n) is 6.55. The smallest absolute Gasteiger partial charge is 0.318 e. The molecule has 1 aromatic rings. The Morgan fingerprint density at radius 2 is 1.95 bits per heavy atom. The Labute approximate surface area is 118 Å². The fourth-order valence-corrected chi connectivity index (χ4v) is 1.82. The number of primary amides is 1. The lowest BCUT2D eigenvalue weighted by Gasteiger charge is -2.12. The number of hydrogen-bond acceptors (Lipinski definition) is 4. The van der Waals surface area contributed by atoms with Crippen molar-refractivity contribution < 1.29 is 14.3 Å². The van der Waals surface area contributed by atoms with Crippen molar-refractivity contribution in [1.82, 2.24) is 10.6 Å². The summed E-state index contributed by atoms with van der Waals surface area (Å²) in [7, 11) is 0. The number of imide groups is 1. The number of nitrogens with two attached hydrogens (primary N) is 1. The van der Waals surface area contributed by atoms with Crippen molar-refractivity contribution in [3.8, 4) is 5.75 Å². The summed E-state index contributed by atoms with van der Waals surface area (Å²) in [6.07, 6.45) is 0.927. The summed E-state index contributed by atoms with van der Waals surface area (Å²) < 4.78 is 5.24. The fourth-order valence-electron chi connectivity index (χ4n) is 1.82. The van der Waals surface area contributed by atoms with Gasteiger partial charge in [-0.25, -0.2) is 4.79 Å². The molecule has 0 heterocycles. The van der Waals surface area contributed by atoms with Crippen LogP contribution in [-0.2, 0) is 11.2 Å². The van der Waals surface area contributed by atoms with Gasteiger partial charge in [0, 0.05) is 6.04 Å². The van der Waals surface area contributed by atoms with Crippen molar-refractivity contribution in [2.75, 3.05) is 13.2 Å². The van der Waals surface area contributed by atoms with Gasteiger partial charge in [-0.2, -0.15) is 0 Å². The predicted octanol–water partition coefficient (Wildman–Crippen LogP) is 0.801. The minimum Gasteiger partial charge on any atom is -0.484 e. The highest BCUT2D eigenvalue weighted by atomic mass is 16.5. The van der Waals surface area contributed by atoms with Gasteiger partial charge in [0.25, 0.3) is 5.91 Å². The number of ether oxygens (including phenoxy) is 1. The highest BCUT2D eigenvalue weighted by Gasteiger charge is 2.06. The molecule has 1 aromatic carbocycles. The summed E-state index contributed by atoms with van der Waals surface area (Å²) in [6, 6.07) is 7.03. The maximum absolute atomic E-state index is 11.2. The standard InChI is InChI=1S/C14H21N3O3/c1-3-16-10(2)8-11-4-6-12(7-5-11)20-9-13(18)17-14(15)19/h4-7,10,16H,3,8-9H2,1-2H3,(H3,15,17,18,19). The number of likely N-dealkylation sites (N-methyl/N-ethyl adjacent to an activating group) is 1. The third-order valence-electron chi connectivity index (χ3n) is 2.65. The van der Waals surface area contributed by atoms with Crippen LogP contribution in [0.2, 0.25) is 0 Å². The highest BCUT2D eigenvalue weighted by molar-refractivity contribution is 5.94. The predicted molar refractivity (Wildman–Crippen MR) is 76.5 cm³/mol. The molecule has 0 aliphatic carbocycles. The van der Waals surface area contributed by atoms with Crippen LogP contribution in [0.1, 0.15) is 19.4 Å². The topological polar surface area (TPSA) is 93.4 Å². The number of carbonyl (C=O) groups excluding carboxylic acids is 2. The van der Waals surface area contributed by atoms with Crippen molar-refractivity contribution >= 4 is 11.9 Å². The molecular weight excluding hydrogens is 258 g/mol. The van der Waals surface area contributed by atoms with E-state index in [1.54, 1.807) is 12.1 Å². The van der Waals surface area contributed by atoms with E-state index in [4.69, 9.17) is 10.5 Å². The summed E-state index contributed by atoms with van der Waals surface area (Å²) in [5.41, 5.74) is 6.01. The fraction of sp³-hybridized carbons (Fsp3) is 0.429. The van der Waals surface area contributed by atoms with E-state index in [2.05, 4.69) is 19.2 Å². The maximum atomic E-state index is 11.2. The van der Waals surface area contributed by atoms with Gasteiger partial charge in [-0.1, -0.05) is 19.1 Å². The average molecular weight is 279 g/mol. The second kappa shape index (κ2) is 8.16. The van der Waals surface area contributed by atoms with Gasteiger partial charge in [-0.3, -0.25) is 10.1 Å². The molecule has 1 rings (SSSR count). The lowest BCUT2D eigenvalue weighted by molar-refractivity contribution is -0.121. The van der Waals surface area contributed by atoms with E-state index in [0.29, 0.717) is 11.8 Å². The Kier molecular flexibility index (Phi) is 6.52. The molecule has 0 saturated heterocycles. The summed E-state index contributed by atoms with van der Waals surface area (Å²) in [6.45, 7) is 4.90. The first-order chi connectivity index (χ1) is 9.51. The minimum absolute atomic E-state index is 0.240. The monoisotopic (exact) mass is 279 g/mol. The van der Waals surface area contributed by atoms with Gasteiger partial charge >= 0.3 is 6.03 Å². The number of urea groups is 1. The van der Waals surface area contributed by atoms with Crippen molar-refractivity contribution in [3.63, 3.8) is 0 Å². The van der Waals surface area contributed by atoms with E-state index < -0.39 is 11.9 Å². The first-order valence-corrected chi connectivity index (χ1v) is 6.55. The molecule has 0 radical (unpaired) electrons. The molecule has 0 saturated carbocycles. The molecule has 110 valence electrons. The lowest BCUT2D eigenvalue weighted by Crippen LogP contribution is -2.38. The first kappa shape index (κ1) is 16.0. The molecule has 1 atom stereocenters. The molecule has 3 amide bonds. The second-order valence-corrected chi connectivity index (χ2v) is 4.51. The number of nitrogens with one attached hydrogen (secondary N) is 2. The number of carbonyl (C=O) groups is 2. The summed E-state index contributed by atoms with van der Waals surface area (Å²) >= 11 is 0. The summed E-state index contributed by atoms with van der Waals surface area (Å²) in [5.74, 6) is 0.00631. The number of amides is 3. The Bertz CT molecular complexity index is 445. The number of hydrogen-bond donors (Lipinski definition) is 3. The number of rotatable bonds is 7. The molecule has 1 unspecified atom stereocenters. The third kappa shape index (κ3) is 6.19. The molecule has 0 aromatic heterocycles. The van der Waals surface area contributed by atoms with Crippen LogP contribution in [0, 0.1) is 0 Å². The lowest BCUT2D eigenvalue weighted by atomic mass is 10.1. The van der Waals surface area contributed by atoms with E-state index >= 15 is 0 Å². The molecule has 0 aliphatic heterocycles. The molecule has 0 spiro atoms. The van der Waals surface area contributed by atoms with Crippen molar-refractivity contribution in [3.05, 3.63) is 29.8 Å². The minimum atomic E-state index is -0.883. The van der Waals surface area contributed by atoms with E-state index in [9.17, 15) is 9.59 Å². The van der Waals surface area contributed by atoms with Crippen molar-refractivity contribution in [2.24, 2.45) is 5.73 Å². The van der Waals surface area contributed by atoms with E-state index in [0.717, 1.165) is 13.0 Å². The molecule has 4 N–H and O–H groups in total. The van der Waals surface area contributed by atoms with Gasteiger partial charge in [-0.05, 0) is 37.6 Å². The van der Waals surface area contributed by atoms with Crippen LogP contribution in [0.3, 0.4) is 0 Å². The van der Waals surface area contributed by atoms with Crippen LogP contribution in [0.25, 0.3) is 0 Å². The van der Waals surface area contributed by atoms with Gasteiger partial charge in [0.2, 0.25) is 0 Å². The largest absolute Gasteiger partial charge is 0.484 e. The van der Waals surface area contributed by atoms with Crippen molar-refractivity contribution in [2.45, 2.75) is 26.3 Å². The Hall–Kier alpha value is -2.08. The van der Waals surface area contributed by atoms with E-state index in [1.807, 2.05) is 17.4 Å². The third-order valence-corrected chi connectivity index (χ3v) is 2.65. The molecule has 0 bridgehead atoms. The molecule has 6 nitrogen and oxygen atoms in total. The van der Waals surface area contributed by atoms with Gasteiger partial charge in [0.15, 0.2) is 6.61 Å². The zero-order valence-electron chi connectivity index (χ0n) is 11.8. The van der Waals surface area contributed by atoms with Crippen LogP contribution < -0.4 is 21.1 Å². The second-order valence-electron chi connectivity index (χ2n) is 4.51. The maximum Gasteiger partial charge on any atom is 0.318 e. The summed E-state index contributed by atoms with van der Waals surface area (Å²) in [4.78, 5) is 21.6. The average Bonchev–Trinajstić information content (AvgIpc) is 2.37. The van der Waals surface area contributed by atoms with Gasteiger partial charge < -0.3 is 15.8 Å². The highest BCUT2D eigenvalue weighted by Crippen LogP contribution is 2.13. The Morgan fingerprint density at radius 3 is 2.50 bits per heavy atom. The van der Waals surface area contributed by atoms with Crippen LogP contribution in [0.15, 0.2) is 24.3 Å². The molecule has 0 aliphatic rings. The zero-order valence-corrected chi connectivity index (χ0v) is 11.8. The SMILES string of the molecule is CCNC(C)Cc1ccc(OCC(=O)NC(N)=O)cc1. The Balaban J connectivity index is 2.42. The zero-order chi connectivity index (χ0) is 15.0. The van der Waals surface area contributed by atoms with Crippen LogP contribution in [0.5, 0.6) is 5.75 Å². The van der Waals surface area contributed by atoms with Crippen LogP contribution >= 0.6 is 0 Å². The van der Waals surface area contributed by atoms with Gasteiger partial charge in [0.05, 0.1) is 0 Å². The number of benzene rings is 1. The quantitative estimate of drug-likeness (QED) is 0.688.